The highest BCUT2D eigenvalue weighted by Crippen LogP contribution is 2.25. The smallest absolute Gasteiger partial charge is 0.244 e. The highest BCUT2D eigenvalue weighted by molar-refractivity contribution is 9.10. The number of benzene rings is 2. The van der Waals surface area contributed by atoms with E-state index >= 15 is 0 Å². The van der Waals surface area contributed by atoms with Gasteiger partial charge < -0.3 is 10.2 Å². The summed E-state index contributed by atoms with van der Waals surface area (Å²) in [5, 5.41) is 3.11. The largest absolute Gasteiger partial charge is 0.355 e. The van der Waals surface area contributed by atoms with E-state index in [0.717, 1.165) is 26.2 Å². The van der Waals surface area contributed by atoms with Crippen LogP contribution in [0.15, 0.2) is 46.9 Å². The van der Waals surface area contributed by atoms with Crippen LogP contribution in [-0.4, -0.2) is 50.5 Å². The molecule has 1 unspecified atom stereocenters. The number of halogens is 2. The average molecular weight is 545 g/mol. The highest BCUT2D eigenvalue weighted by atomic mass is 79.9. The first-order valence-corrected chi connectivity index (χ1v) is 13.0. The third kappa shape index (κ3) is 6.95. The summed E-state index contributed by atoms with van der Waals surface area (Å²) < 4.78 is 26.9. The summed E-state index contributed by atoms with van der Waals surface area (Å²) >= 11 is 9.56. The van der Waals surface area contributed by atoms with Crippen molar-refractivity contribution >= 4 is 55.1 Å². The molecule has 2 amide bonds. The Kier molecular flexibility index (Phi) is 9.12. The van der Waals surface area contributed by atoms with E-state index in [9.17, 15) is 18.0 Å². The van der Waals surface area contributed by atoms with Crippen LogP contribution in [0, 0.1) is 6.92 Å². The molecule has 0 fully saturated rings. The molecule has 174 valence electrons. The molecule has 0 heterocycles. The van der Waals surface area contributed by atoms with E-state index in [-0.39, 0.29) is 18.1 Å². The molecular weight excluding hydrogens is 518 g/mol. The van der Waals surface area contributed by atoms with Crippen molar-refractivity contribution in [3.05, 3.63) is 63.1 Å². The quantitative estimate of drug-likeness (QED) is 0.521. The second kappa shape index (κ2) is 11.2. The first kappa shape index (κ1) is 26.2. The van der Waals surface area contributed by atoms with Crippen molar-refractivity contribution in [2.45, 2.75) is 33.4 Å². The molecule has 0 bridgehead atoms. The summed E-state index contributed by atoms with van der Waals surface area (Å²) in [6.45, 7) is 5.32. The Morgan fingerprint density at radius 3 is 2.31 bits per heavy atom. The van der Waals surface area contributed by atoms with Gasteiger partial charge in [0, 0.05) is 22.6 Å². The molecule has 0 aliphatic carbocycles. The van der Waals surface area contributed by atoms with E-state index in [4.69, 9.17) is 11.6 Å². The minimum absolute atomic E-state index is 0.149. The van der Waals surface area contributed by atoms with E-state index in [0.29, 0.717) is 11.6 Å². The van der Waals surface area contributed by atoms with Crippen molar-refractivity contribution in [1.82, 2.24) is 10.2 Å². The van der Waals surface area contributed by atoms with Crippen LogP contribution in [0.25, 0.3) is 0 Å². The summed E-state index contributed by atoms with van der Waals surface area (Å²) in [5.74, 6) is -0.823. The van der Waals surface area contributed by atoms with Crippen LogP contribution in [0.4, 0.5) is 5.69 Å². The van der Waals surface area contributed by atoms with Gasteiger partial charge in [-0.05, 0) is 56.2 Å². The lowest BCUT2D eigenvalue weighted by molar-refractivity contribution is -0.139. The highest BCUT2D eigenvalue weighted by Gasteiger charge is 2.30. The van der Waals surface area contributed by atoms with Crippen molar-refractivity contribution < 1.29 is 18.0 Å². The first-order chi connectivity index (χ1) is 14.9. The molecular formula is C22H27BrClN3O4S. The summed E-state index contributed by atoms with van der Waals surface area (Å²) in [4.78, 5) is 27.2. The van der Waals surface area contributed by atoms with Gasteiger partial charge in [-0.25, -0.2) is 8.42 Å². The molecule has 1 N–H and O–H groups in total. The number of carbonyl (C=O) groups is 2. The monoisotopic (exact) mass is 543 g/mol. The number of hydrogen-bond acceptors (Lipinski definition) is 4. The third-order valence-corrected chi connectivity index (χ3v) is 6.98. The molecule has 0 radical (unpaired) electrons. The number of nitrogens with zero attached hydrogens (tertiary/aromatic N) is 2. The molecule has 0 aliphatic heterocycles. The van der Waals surface area contributed by atoms with Crippen LogP contribution in [0.1, 0.15) is 25.0 Å². The predicted octanol–water partition coefficient (Wildman–Crippen LogP) is 3.73. The summed E-state index contributed by atoms with van der Waals surface area (Å²) in [6, 6.07) is 11.4. The van der Waals surface area contributed by atoms with Crippen LogP contribution >= 0.6 is 27.5 Å². The topological polar surface area (TPSA) is 86.8 Å². The van der Waals surface area contributed by atoms with Gasteiger partial charge in [0.15, 0.2) is 0 Å². The number of carbonyl (C=O) groups excluding carboxylic acids is 2. The normalized spacial score (nSPS) is 12.2. The molecule has 2 aromatic rings. The standard InChI is InChI=1S/C22H27BrClN3O4S/c1-5-25-22(29)16(3)26(13-17-7-9-18(23)10-8-17)21(28)14-27(32(4,30)31)19-11-6-15(2)20(24)12-19/h6-12,16H,5,13-14H2,1-4H3,(H,25,29). The lowest BCUT2D eigenvalue weighted by atomic mass is 10.1. The number of aryl methyl sites for hydroxylation is 1. The Bertz CT molecular complexity index is 1080. The maximum atomic E-state index is 13.3. The predicted molar refractivity (Wildman–Crippen MR) is 131 cm³/mol. The Hall–Kier alpha value is -2.10. The second-order valence-electron chi connectivity index (χ2n) is 7.42. The number of likely N-dealkylation sites (N-methyl/N-ethyl adjacent to an activating group) is 1. The number of sulfonamides is 1. The summed E-state index contributed by atoms with van der Waals surface area (Å²) in [5.41, 5.74) is 1.88. The molecule has 32 heavy (non-hydrogen) atoms. The minimum Gasteiger partial charge on any atom is -0.355 e. The van der Waals surface area contributed by atoms with Gasteiger partial charge in [-0.1, -0.05) is 45.7 Å². The Morgan fingerprint density at radius 1 is 1.16 bits per heavy atom. The zero-order chi connectivity index (χ0) is 24.1. The minimum atomic E-state index is -3.79. The van der Waals surface area contributed by atoms with Crippen molar-refractivity contribution in [2.24, 2.45) is 0 Å². The molecule has 0 aliphatic rings. The van der Waals surface area contributed by atoms with Gasteiger partial charge in [0.2, 0.25) is 21.8 Å². The maximum Gasteiger partial charge on any atom is 0.244 e. The molecule has 0 saturated heterocycles. The van der Waals surface area contributed by atoms with Gasteiger partial charge in [-0.15, -0.1) is 0 Å². The van der Waals surface area contributed by atoms with E-state index < -0.39 is 28.5 Å². The molecule has 0 saturated carbocycles. The Balaban J connectivity index is 2.39. The molecule has 10 heteroatoms. The fourth-order valence-corrected chi connectivity index (χ4v) is 4.32. The maximum absolute atomic E-state index is 13.3. The second-order valence-corrected chi connectivity index (χ2v) is 10.7. The number of amides is 2. The molecule has 1 atom stereocenters. The van der Waals surface area contributed by atoms with Gasteiger partial charge in [-0.2, -0.15) is 0 Å². The lowest BCUT2D eigenvalue weighted by Gasteiger charge is -2.31. The molecule has 0 spiro atoms. The molecule has 0 aromatic heterocycles. The molecule has 2 aromatic carbocycles. The van der Waals surface area contributed by atoms with Crippen molar-refractivity contribution in [1.29, 1.82) is 0 Å². The van der Waals surface area contributed by atoms with Crippen LogP contribution in [0.5, 0.6) is 0 Å². The van der Waals surface area contributed by atoms with Gasteiger partial charge in [0.05, 0.1) is 11.9 Å². The van der Waals surface area contributed by atoms with Gasteiger partial charge in [-0.3, -0.25) is 13.9 Å². The van der Waals surface area contributed by atoms with Crippen LogP contribution in [-0.2, 0) is 26.2 Å². The fourth-order valence-electron chi connectivity index (χ4n) is 3.04. The van der Waals surface area contributed by atoms with E-state index in [1.54, 1.807) is 32.9 Å². The van der Waals surface area contributed by atoms with Crippen LogP contribution < -0.4 is 9.62 Å². The van der Waals surface area contributed by atoms with Crippen LogP contribution in [0.3, 0.4) is 0 Å². The number of anilines is 1. The summed E-state index contributed by atoms with van der Waals surface area (Å²) in [7, 11) is -3.79. The number of hydrogen-bond donors (Lipinski definition) is 1. The van der Waals surface area contributed by atoms with Gasteiger partial charge in [0.1, 0.15) is 12.6 Å². The average Bonchev–Trinajstić information content (AvgIpc) is 2.72. The summed E-state index contributed by atoms with van der Waals surface area (Å²) in [6.07, 6.45) is 1.03. The van der Waals surface area contributed by atoms with E-state index in [1.165, 1.54) is 11.0 Å². The third-order valence-electron chi connectivity index (χ3n) is 4.91. The van der Waals surface area contributed by atoms with Crippen molar-refractivity contribution in [2.75, 3.05) is 23.7 Å². The fraction of sp³-hybridized carbons (Fsp3) is 0.364. The zero-order valence-electron chi connectivity index (χ0n) is 18.4. The van der Waals surface area contributed by atoms with Gasteiger partial charge in [0.25, 0.3) is 0 Å². The first-order valence-electron chi connectivity index (χ1n) is 9.99. The lowest BCUT2D eigenvalue weighted by Crippen LogP contribution is -2.51. The molecule has 2 rings (SSSR count). The number of nitrogens with one attached hydrogen (secondary N) is 1. The van der Waals surface area contributed by atoms with Crippen molar-refractivity contribution in [3.63, 3.8) is 0 Å². The van der Waals surface area contributed by atoms with Crippen LogP contribution in [0.2, 0.25) is 5.02 Å². The Labute approximate surface area is 202 Å². The SMILES string of the molecule is CCNC(=O)C(C)N(Cc1ccc(Br)cc1)C(=O)CN(c1ccc(C)c(Cl)c1)S(C)(=O)=O. The van der Waals surface area contributed by atoms with Crippen molar-refractivity contribution in [3.8, 4) is 0 Å². The Morgan fingerprint density at radius 2 is 1.78 bits per heavy atom. The zero-order valence-corrected chi connectivity index (χ0v) is 21.6. The number of rotatable bonds is 9. The van der Waals surface area contributed by atoms with Gasteiger partial charge >= 0.3 is 0 Å². The van der Waals surface area contributed by atoms with E-state index in [1.807, 2.05) is 24.3 Å². The van der Waals surface area contributed by atoms with E-state index in [2.05, 4.69) is 21.2 Å². The molecule has 7 nitrogen and oxygen atoms in total.